The van der Waals surface area contributed by atoms with Crippen molar-refractivity contribution in [1.29, 1.82) is 0 Å². The number of hydrogen-bond acceptors (Lipinski definition) is 5. The number of hydrogen-bond donors (Lipinski definition) is 1. The fourth-order valence-corrected chi connectivity index (χ4v) is 4.19. The molecule has 0 bridgehead atoms. The van der Waals surface area contributed by atoms with Gasteiger partial charge >= 0.3 is 0 Å². The van der Waals surface area contributed by atoms with Gasteiger partial charge in [-0.15, -0.1) is 0 Å². The average molecular weight is 391 g/mol. The lowest BCUT2D eigenvalue weighted by Crippen LogP contribution is -2.53. The van der Waals surface area contributed by atoms with Gasteiger partial charge < -0.3 is 14.4 Å². The van der Waals surface area contributed by atoms with Crippen LogP contribution in [0.25, 0.3) is 0 Å². The van der Waals surface area contributed by atoms with E-state index in [1.807, 2.05) is 0 Å². The number of carbonyl (C=O) groups is 1. The second-order valence-electron chi connectivity index (χ2n) is 6.08. The third-order valence-corrected chi connectivity index (χ3v) is 5.71. The Morgan fingerprint density at radius 3 is 2.48 bits per heavy atom. The summed E-state index contributed by atoms with van der Waals surface area (Å²) in [7, 11) is -2.46. The molecule has 1 N–H and O–H groups in total. The van der Waals surface area contributed by atoms with E-state index in [4.69, 9.17) is 21.1 Å². The Morgan fingerprint density at radius 2 is 1.96 bits per heavy atom. The zero-order chi connectivity index (χ0) is 18.6. The number of benzene rings is 1. The Kier molecular flexibility index (Phi) is 6.67. The van der Waals surface area contributed by atoms with Crippen LogP contribution < -0.4 is 9.46 Å². The lowest BCUT2D eigenvalue weighted by Gasteiger charge is -2.32. The summed E-state index contributed by atoms with van der Waals surface area (Å²) in [6.45, 7) is 5.42. The van der Waals surface area contributed by atoms with Crippen molar-refractivity contribution in [2.45, 2.75) is 24.8 Å². The van der Waals surface area contributed by atoms with Crippen LogP contribution in [0.3, 0.4) is 0 Å². The first-order chi connectivity index (χ1) is 11.8. The van der Waals surface area contributed by atoms with Gasteiger partial charge in [-0.05, 0) is 24.1 Å². The van der Waals surface area contributed by atoms with E-state index >= 15 is 0 Å². The van der Waals surface area contributed by atoms with E-state index in [0.717, 1.165) is 0 Å². The second kappa shape index (κ2) is 8.35. The number of sulfonamides is 1. The lowest BCUT2D eigenvalue weighted by atomic mass is 10.0. The van der Waals surface area contributed by atoms with Crippen molar-refractivity contribution in [3.63, 3.8) is 0 Å². The van der Waals surface area contributed by atoms with Crippen LogP contribution in [0.15, 0.2) is 23.1 Å². The SMILES string of the molecule is COc1ccc(S(=O)(=O)N[C@@H](C(=O)N2CCOCC2)C(C)C)cc1Cl. The monoisotopic (exact) mass is 390 g/mol. The van der Waals surface area contributed by atoms with Gasteiger partial charge in [0.15, 0.2) is 0 Å². The van der Waals surface area contributed by atoms with Crippen LogP contribution in [0.1, 0.15) is 13.8 Å². The highest BCUT2D eigenvalue weighted by Gasteiger charge is 2.32. The molecule has 7 nitrogen and oxygen atoms in total. The van der Waals surface area contributed by atoms with Gasteiger partial charge in [0.25, 0.3) is 0 Å². The van der Waals surface area contributed by atoms with E-state index in [0.29, 0.717) is 32.1 Å². The Labute approximate surface area is 153 Å². The molecule has 0 saturated carbocycles. The molecular weight excluding hydrogens is 368 g/mol. The summed E-state index contributed by atoms with van der Waals surface area (Å²) in [5, 5.41) is 0.186. The fraction of sp³-hybridized carbons (Fsp3) is 0.562. The van der Waals surface area contributed by atoms with Crippen LogP contribution in [0.5, 0.6) is 5.75 Å². The summed E-state index contributed by atoms with van der Waals surface area (Å²) < 4.78 is 38.1. The van der Waals surface area contributed by atoms with Crippen molar-refractivity contribution in [2.75, 3.05) is 33.4 Å². The minimum atomic E-state index is -3.90. The van der Waals surface area contributed by atoms with Gasteiger partial charge in [-0.2, -0.15) is 4.72 Å². The van der Waals surface area contributed by atoms with E-state index in [-0.39, 0.29) is 21.7 Å². The number of halogens is 1. The quantitative estimate of drug-likeness (QED) is 0.795. The maximum atomic E-state index is 12.7. The number of nitrogens with one attached hydrogen (secondary N) is 1. The molecule has 0 radical (unpaired) electrons. The summed E-state index contributed by atoms with van der Waals surface area (Å²) in [5.41, 5.74) is 0. The number of amides is 1. The molecule has 140 valence electrons. The summed E-state index contributed by atoms with van der Waals surface area (Å²) in [6, 6.07) is 3.32. The van der Waals surface area contributed by atoms with Gasteiger partial charge in [-0.3, -0.25) is 4.79 Å². The largest absolute Gasteiger partial charge is 0.495 e. The molecular formula is C16H23ClN2O5S. The molecule has 25 heavy (non-hydrogen) atoms. The van der Waals surface area contributed by atoms with Crippen LogP contribution >= 0.6 is 11.6 Å². The van der Waals surface area contributed by atoms with Crippen LogP contribution in [0.2, 0.25) is 5.02 Å². The number of ether oxygens (including phenoxy) is 2. The first-order valence-electron chi connectivity index (χ1n) is 7.98. The van der Waals surface area contributed by atoms with Crippen molar-refractivity contribution < 1.29 is 22.7 Å². The third-order valence-electron chi connectivity index (χ3n) is 3.97. The van der Waals surface area contributed by atoms with E-state index in [1.54, 1.807) is 18.7 Å². The predicted octanol–water partition coefficient (Wildman–Crippen LogP) is 1.51. The van der Waals surface area contributed by atoms with E-state index in [2.05, 4.69) is 4.72 Å². The first-order valence-corrected chi connectivity index (χ1v) is 9.85. The molecule has 1 amide bonds. The fourth-order valence-electron chi connectivity index (χ4n) is 2.50. The van der Waals surface area contributed by atoms with Gasteiger partial charge in [0.2, 0.25) is 15.9 Å². The van der Waals surface area contributed by atoms with Crippen molar-refractivity contribution >= 4 is 27.5 Å². The van der Waals surface area contributed by atoms with Gasteiger partial charge in [-0.25, -0.2) is 8.42 Å². The molecule has 1 saturated heterocycles. The van der Waals surface area contributed by atoms with Crippen LogP contribution in [-0.4, -0.2) is 58.7 Å². The highest BCUT2D eigenvalue weighted by Crippen LogP contribution is 2.27. The molecule has 1 aliphatic rings. The van der Waals surface area contributed by atoms with Crippen molar-refractivity contribution in [1.82, 2.24) is 9.62 Å². The third kappa shape index (κ3) is 4.84. The zero-order valence-electron chi connectivity index (χ0n) is 14.5. The lowest BCUT2D eigenvalue weighted by molar-refractivity contribution is -0.138. The number of methoxy groups -OCH3 is 1. The van der Waals surface area contributed by atoms with E-state index in [1.165, 1.54) is 25.3 Å². The highest BCUT2D eigenvalue weighted by atomic mass is 35.5. The van der Waals surface area contributed by atoms with Crippen molar-refractivity contribution in [3.8, 4) is 5.75 Å². The second-order valence-corrected chi connectivity index (χ2v) is 8.20. The normalized spacial score (nSPS) is 16.8. The minimum absolute atomic E-state index is 0.0151. The molecule has 1 heterocycles. The Morgan fingerprint density at radius 1 is 1.32 bits per heavy atom. The number of morpholine rings is 1. The smallest absolute Gasteiger partial charge is 0.241 e. The van der Waals surface area contributed by atoms with Crippen LogP contribution in [0, 0.1) is 5.92 Å². The Bertz CT molecular complexity index is 717. The van der Waals surface area contributed by atoms with Gasteiger partial charge in [0.05, 0.1) is 30.2 Å². The molecule has 1 aromatic carbocycles. The van der Waals surface area contributed by atoms with Crippen LogP contribution in [-0.2, 0) is 19.6 Å². The highest BCUT2D eigenvalue weighted by molar-refractivity contribution is 7.89. The molecule has 1 aromatic rings. The molecule has 0 spiro atoms. The topological polar surface area (TPSA) is 84.9 Å². The maximum absolute atomic E-state index is 12.7. The van der Waals surface area contributed by atoms with Crippen molar-refractivity contribution in [3.05, 3.63) is 23.2 Å². The Hall–Kier alpha value is -1.35. The summed E-state index contributed by atoms with van der Waals surface area (Å²) in [5.74, 6) is -0.0780. The first kappa shape index (κ1) is 20.0. The van der Waals surface area contributed by atoms with Gasteiger partial charge in [-0.1, -0.05) is 25.4 Å². The summed E-state index contributed by atoms with van der Waals surface area (Å²) in [4.78, 5) is 14.3. The maximum Gasteiger partial charge on any atom is 0.241 e. The molecule has 1 aliphatic heterocycles. The number of carbonyl (C=O) groups excluding carboxylic acids is 1. The van der Waals surface area contributed by atoms with Crippen LogP contribution in [0.4, 0.5) is 0 Å². The van der Waals surface area contributed by atoms with Gasteiger partial charge in [0, 0.05) is 13.1 Å². The summed E-state index contributed by atoms with van der Waals surface area (Å²) in [6.07, 6.45) is 0. The molecule has 0 aliphatic carbocycles. The number of rotatable bonds is 6. The molecule has 1 atom stereocenters. The molecule has 9 heteroatoms. The molecule has 1 fully saturated rings. The number of nitrogens with zero attached hydrogens (tertiary/aromatic N) is 1. The van der Waals surface area contributed by atoms with Crippen molar-refractivity contribution in [2.24, 2.45) is 5.92 Å². The minimum Gasteiger partial charge on any atom is -0.495 e. The van der Waals surface area contributed by atoms with Gasteiger partial charge in [0.1, 0.15) is 11.8 Å². The molecule has 0 aromatic heterocycles. The Balaban J connectivity index is 2.22. The van der Waals surface area contributed by atoms with E-state index in [9.17, 15) is 13.2 Å². The predicted molar refractivity (Wildman–Crippen MR) is 94.4 cm³/mol. The summed E-state index contributed by atoms with van der Waals surface area (Å²) >= 11 is 6.01. The molecule has 0 unspecified atom stereocenters. The zero-order valence-corrected chi connectivity index (χ0v) is 16.1. The van der Waals surface area contributed by atoms with E-state index < -0.39 is 16.1 Å². The standard InChI is InChI=1S/C16H23ClN2O5S/c1-11(2)15(16(20)19-6-8-24-9-7-19)18-25(21,22)12-4-5-14(23-3)13(17)10-12/h4-5,10-11,15,18H,6-9H2,1-3H3/t15-/m1/s1. The average Bonchev–Trinajstić information content (AvgIpc) is 2.59. The molecule has 2 rings (SSSR count).